The fourth-order valence-corrected chi connectivity index (χ4v) is 5.76. The lowest BCUT2D eigenvalue weighted by atomic mass is 9.56. The van der Waals surface area contributed by atoms with Crippen LogP contribution in [0.1, 0.15) is 61.7 Å². The first-order chi connectivity index (χ1) is 12.7. The molecule has 0 saturated heterocycles. The highest BCUT2D eigenvalue weighted by Crippen LogP contribution is 2.53. The molecule has 2 saturated carbocycles. The Balaban J connectivity index is 1.82. The summed E-state index contributed by atoms with van der Waals surface area (Å²) in [6.45, 7) is 0. The second kappa shape index (κ2) is 7.38. The zero-order chi connectivity index (χ0) is 18.1. The van der Waals surface area contributed by atoms with Crippen molar-refractivity contribution in [2.45, 2.75) is 51.4 Å². The van der Waals surface area contributed by atoms with Crippen molar-refractivity contribution in [3.63, 3.8) is 0 Å². The number of carbonyl (C=O) groups is 2. The van der Waals surface area contributed by atoms with Gasteiger partial charge in [-0.25, -0.2) is 0 Å². The van der Waals surface area contributed by atoms with Crippen molar-refractivity contribution in [2.24, 2.45) is 23.7 Å². The first kappa shape index (κ1) is 17.5. The number of hydrogen-bond acceptors (Lipinski definition) is 3. The smallest absolute Gasteiger partial charge is 0.310 e. The Kier molecular flexibility index (Phi) is 4.97. The summed E-state index contributed by atoms with van der Waals surface area (Å²) in [4.78, 5) is 26.4. The molecule has 3 aliphatic rings. The summed E-state index contributed by atoms with van der Waals surface area (Å²) in [5.41, 5.74) is 3.76. The van der Waals surface area contributed by atoms with Crippen LogP contribution in [0.2, 0.25) is 0 Å². The molecule has 3 aliphatic carbocycles. The molecule has 0 heterocycles. The van der Waals surface area contributed by atoms with Gasteiger partial charge in [0, 0.05) is 11.5 Å². The molecule has 1 aromatic rings. The van der Waals surface area contributed by atoms with Crippen molar-refractivity contribution in [1.82, 2.24) is 0 Å². The molecule has 0 spiro atoms. The molecule has 0 radical (unpaired) electrons. The summed E-state index contributed by atoms with van der Waals surface area (Å²) in [6, 6.07) is 9.53. The van der Waals surface area contributed by atoms with Crippen LogP contribution in [0.3, 0.4) is 0 Å². The van der Waals surface area contributed by atoms with Crippen LogP contribution in [-0.2, 0) is 9.53 Å². The van der Waals surface area contributed by atoms with E-state index in [4.69, 9.17) is 4.74 Å². The summed E-state index contributed by atoms with van der Waals surface area (Å²) in [7, 11) is 1.47. The largest absolute Gasteiger partial charge is 0.469 e. The van der Waals surface area contributed by atoms with Gasteiger partial charge in [0.05, 0.1) is 13.0 Å². The van der Waals surface area contributed by atoms with Crippen molar-refractivity contribution in [1.29, 1.82) is 0 Å². The first-order valence-electron chi connectivity index (χ1n) is 10.1. The molecule has 3 heteroatoms. The van der Waals surface area contributed by atoms with Crippen LogP contribution < -0.4 is 0 Å². The molecule has 1 aromatic carbocycles. The quantitative estimate of drug-likeness (QED) is 0.438. The zero-order valence-corrected chi connectivity index (χ0v) is 15.6. The second-order valence-electron chi connectivity index (χ2n) is 8.06. The predicted octanol–water partition coefficient (Wildman–Crippen LogP) is 4.97. The average Bonchev–Trinajstić information content (AvgIpc) is 2.72. The van der Waals surface area contributed by atoms with Gasteiger partial charge >= 0.3 is 5.97 Å². The monoisotopic (exact) mass is 352 g/mol. The molecule has 0 amide bonds. The lowest BCUT2D eigenvalue weighted by Gasteiger charge is -2.47. The molecule has 138 valence electrons. The number of Topliss-reactive ketones (excluding diaryl/α,β-unsaturated/α-hetero) is 1. The van der Waals surface area contributed by atoms with Gasteiger partial charge in [0.2, 0.25) is 0 Å². The SMILES string of the molecule is COC(=O)[C@H]1[C@@H](C(=O)c2ccccc2)[C@H]2CCCCC2=C2CCCC[C@H]21. The van der Waals surface area contributed by atoms with Gasteiger partial charge in [-0.2, -0.15) is 0 Å². The van der Waals surface area contributed by atoms with Gasteiger partial charge in [0.15, 0.2) is 5.78 Å². The van der Waals surface area contributed by atoms with Gasteiger partial charge in [0.25, 0.3) is 0 Å². The van der Waals surface area contributed by atoms with Crippen molar-refractivity contribution in [3.05, 3.63) is 47.0 Å². The van der Waals surface area contributed by atoms with E-state index < -0.39 is 0 Å². The van der Waals surface area contributed by atoms with Crippen LogP contribution in [0.4, 0.5) is 0 Å². The third kappa shape index (κ3) is 2.91. The standard InChI is InChI=1S/C23H28O3/c1-26-23(25)21-19-14-8-6-12-17(19)16-11-5-7-13-18(16)20(21)22(24)15-9-3-2-4-10-15/h2-4,9-10,18-21H,5-8,11-14H2,1H3/t18-,19+,20-,21+/m0/s1. The van der Waals surface area contributed by atoms with E-state index in [1.165, 1.54) is 31.1 Å². The van der Waals surface area contributed by atoms with E-state index in [-0.39, 0.29) is 35.4 Å². The van der Waals surface area contributed by atoms with E-state index in [2.05, 4.69) is 0 Å². The third-order valence-electron chi connectivity index (χ3n) is 6.82. The average molecular weight is 352 g/mol. The van der Waals surface area contributed by atoms with Gasteiger partial charge in [-0.3, -0.25) is 9.59 Å². The van der Waals surface area contributed by atoms with Crippen molar-refractivity contribution < 1.29 is 14.3 Å². The molecule has 0 aliphatic heterocycles. The Labute approximate surface area is 155 Å². The first-order valence-corrected chi connectivity index (χ1v) is 10.1. The number of esters is 1. The summed E-state index contributed by atoms with van der Waals surface area (Å²) in [6.07, 6.45) is 9.00. The number of hydrogen-bond donors (Lipinski definition) is 0. The van der Waals surface area contributed by atoms with Gasteiger partial charge < -0.3 is 4.74 Å². The fourth-order valence-electron chi connectivity index (χ4n) is 5.76. The number of ether oxygens (including phenoxy) is 1. The molecular weight excluding hydrogens is 324 g/mol. The topological polar surface area (TPSA) is 43.4 Å². The predicted molar refractivity (Wildman–Crippen MR) is 101 cm³/mol. The van der Waals surface area contributed by atoms with E-state index in [0.717, 1.165) is 44.1 Å². The van der Waals surface area contributed by atoms with Crippen LogP contribution in [-0.4, -0.2) is 18.9 Å². The molecule has 0 unspecified atom stereocenters. The Hall–Kier alpha value is -1.90. The highest BCUT2D eigenvalue weighted by atomic mass is 16.5. The second-order valence-corrected chi connectivity index (χ2v) is 8.06. The lowest BCUT2D eigenvalue weighted by Crippen LogP contribution is -2.47. The summed E-state index contributed by atoms with van der Waals surface area (Å²) in [5.74, 6) is -0.187. The highest BCUT2D eigenvalue weighted by molar-refractivity contribution is 6.00. The van der Waals surface area contributed by atoms with Crippen LogP contribution in [0, 0.1) is 23.7 Å². The molecule has 0 aromatic heterocycles. The Morgan fingerprint density at radius 3 is 2.00 bits per heavy atom. The van der Waals surface area contributed by atoms with Crippen LogP contribution in [0.15, 0.2) is 41.5 Å². The van der Waals surface area contributed by atoms with E-state index in [0.29, 0.717) is 0 Å². The van der Waals surface area contributed by atoms with Gasteiger partial charge in [-0.15, -0.1) is 0 Å². The third-order valence-corrected chi connectivity index (χ3v) is 6.82. The van der Waals surface area contributed by atoms with Crippen LogP contribution >= 0.6 is 0 Å². The molecule has 0 N–H and O–H groups in total. The summed E-state index contributed by atoms with van der Waals surface area (Å²) in [5, 5.41) is 0. The van der Waals surface area contributed by atoms with Gasteiger partial charge in [0.1, 0.15) is 0 Å². The fraction of sp³-hybridized carbons (Fsp3) is 0.565. The van der Waals surface area contributed by atoms with E-state index in [1.54, 1.807) is 0 Å². The molecular formula is C23H28O3. The van der Waals surface area contributed by atoms with E-state index in [1.807, 2.05) is 30.3 Å². The zero-order valence-electron chi connectivity index (χ0n) is 15.6. The number of ketones is 1. The van der Waals surface area contributed by atoms with Gasteiger partial charge in [-0.1, -0.05) is 54.3 Å². The molecule has 26 heavy (non-hydrogen) atoms. The normalized spacial score (nSPS) is 31.0. The number of allylic oxidation sites excluding steroid dienone is 2. The van der Waals surface area contributed by atoms with E-state index in [9.17, 15) is 9.59 Å². The molecule has 2 fully saturated rings. The van der Waals surface area contributed by atoms with Crippen molar-refractivity contribution in [3.8, 4) is 0 Å². The maximum atomic E-state index is 13.5. The lowest BCUT2D eigenvalue weighted by molar-refractivity contribution is -0.150. The van der Waals surface area contributed by atoms with Crippen LogP contribution in [0.5, 0.6) is 0 Å². The van der Waals surface area contributed by atoms with Crippen LogP contribution in [0.25, 0.3) is 0 Å². The molecule has 0 bridgehead atoms. The Morgan fingerprint density at radius 2 is 1.42 bits per heavy atom. The minimum atomic E-state index is -0.310. The number of methoxy groups -OCH3 is 1. The summed E-state index contributed by atoms with van der Waals surface area (Å²) < 4.78 is 5.22. The number of rotatable bonds is 3. The number of benzene rings is 1. The number of carbonyl (C=O) groups excluding carboxylic acids is 2. The Bertz CT molecular complexity index is 718. The minimum Gasteiger partial charge on any atom is -0.469 e. The van der Waals surface area contributed by atoms with E-state index >= 15 is 0 Å². The summed E-state index contributed by atoms with van der Waals surface area (Å²) >= 11 is 0. The minimum absolute atomic E-state index is 0.134. The van der Waals surface area contributed by atoms with Gasteiger partial charge in [-0.05, 0) is 50.4 Å². The molecule has 4 rings (SSSR count). The molecule has 4 atom stereocenters. The Morgan fingerprint density at radius 1 is 0.846 bits per heavy atom. The number of fused-ring (bicyclic) bond motifs is 2. The van der Waals surface area contributed by atoms with Crippen molar-refractivity contribution >= 4 is 11.8 Å². The van der Waals surface area contributed by atoms with Crippen molar-refractivity contribution in [2.75, 3.05) is 7.11 Å². The maximum absolute atomic E-state index is 13.5. The maximum Gasteiger partial charge on any atom is 0.310 e. The highest BCUT2D eigenvalue weighted by Gasteiger charge is 2.51. The molecule has 3 nitrogen and oxygen atoms in total.